The molecule has 0 fully saturated rings. The van der Waals surface area contributed by atoms with Crippen LogP contribution >= 0.6 is 11.3 Å². The Labute approximate surface area is 95.5 Å². The number of carbonyl (C=O) groups excluding carboxylic acids is 1. The van der Waals surface area contributed by atoms with E-state index in [0.29, 0.717) is 28.3 Å². The maximum Gasteiger partial charge on any atom is 0.169 e. The number of methoxy groups -OCH3 is 1. The minimum Gasteiger partial charge on any atom is -0.497 e. The zero-order chi connectivity index (χ0) is 11.5. The van der Waals surface area contributed by atoms with E-state index in [-0.39, 0.29) is 0 Å². The highest BCUT2D eigenvalue weighted by Gasteiger charge is 2.10. The minimum absolute atomic E-state index is 0.315. The first-order valence-corrected chi connectivity index (χ1v) is 5.37. The highest BCUT2D eigenvalue weighted by Crippen LogP contribution is 2.28. The lowest BCUT2D eigenvalue weighted by molar-refractivity contribution is 0.111. The molecule has 1 aromatic carbocycles. The standard InChI is InChI=1S/C11H8FNO2S/c1-15-8-2-3-9(10(12)4-8)11-13-7(5-14)6-16-11/h2-6H,1H3. The highest BCUT2D eigenvalue weighted by atomic mass is 32.1. The predicted molar refractivity (Wildman–Crippen MR) is 59.4 cm³/mol. The number of aromatic nitrogens is 1. The van der Waals surface area contributed by atoms with Gasteiger partial charge < -0.3 is 4.74 Å². The molecule has 0 atom stereocenters. The van der Waals surface area contributed by atoms with E-state index in [1.54, 1.807) is 17.5 Å². The number of rotatable bonds is 3. The quantitative estimate of drug-likeness (QED) is 0.770. The van der Waals surface area contributed by atoms with E-state index >= 15 is 0 Å². The van der Waals surface area contributed by atoms with E-state index in [2.05, 4.69) is 4.98 Å². The molecule has 2 aromatic rings. The van der Waals surface area contributed by atoms with Gasteiger partial charge in [0.05, 0.1) is 7.11 Å². The Morgan fingerprint density at radius 1 is 1.50 bits per heavy atom. The van der Waals surface area contributed by atoms with Gasteiger partial charge in [-0.25, -0.2) is 9.37 Å². The maximum atomic E-state index is 13.6. The average molecular weight is 237 g/mol. The van der Waals surface area contributed by atoms with Crippen molar-refractivity contribution >= 4 is 17.6 Å². The molecule has 2 rings (SSSR count). The third kappa shape index (κ3) is 1.94. The van der Waals surface area contributed by atoms with E-state index < -0.39 is 5.82 Å². The summed E-state index contributed by atoms with van der Waals surface area (Å²) in [5, 5.41) is 2.08. The van der Waals surface area contributed by atoms with Gasteiger partial charge in [0.25, 0.3) is 0 Å². The summed E-state index contributed by atoms with van der Waals surface area (Å²) in [6.45, 7) is 0. The summed E-state index contributed by atoms with van der Waals surface area (Å²) < 4.78 is 18.5. The van der Waals surface area contributed by atoms with Gasteiger partial charge in [0, 0.05) is 17.0 Å². The summed E-state index contributed by atoms with van der Waals surface area (Å²) in [7, 11) is 1.47. The number of hydrogen-bond acceptors (Lipinski definition) is 4. The fraction of sp³-hybridized carbons (Fsp3) is 0.0909. The van der Waals surface area contributed by atoms with Crippen LogP contribution in [0.4, 0.5) is 4.39 Å². The fourth-order valence-corrected chi connectivity index (χ4v) is 2.05. The van der Waals surface area contributed by atoms with Gasteiger partial charge >= 0.3 is 0 Å². The molecule has 16 heavy (non-hydrogen) atoms. The lowest BCUT2D eigenvalue weighted by Gasteiger charge is -2.02. The topological polar surface area (TPSA) is 39.2 Å². The molecule has 0 aliphatic heterocycles. The summed E-state index contributed by atoms with van der Waals surface area (Å²) in [6, 6.07) is 4.53. The van der Waals surface area contributed by atoms with Crippen LogP contribution in [-0.4, -0.2) is 18.4 Å². The molecule has 0 aliphatic carbocycles. The molecule has 0 amide bonds. The summed E-state index contributed by atoms with van der Waals surface area (Å²) in [4.78, 5) is 14.5. The van der Waals surface area contributed by atoms with E-state index in [1.165, 1.54) is 24.5 Å². The second kappa shape index (κ2) is 4.40. The van der Waals surface area contributed by atoms with Crippen molar-refractivity contribution in [2.75, 3.05) is 7.11 Å². The average Bonchev–Trinajstić information content (AvgIpc) is 2.77. The van der Waals surface area contributed by atoms with Gasteiger partial charge in [0.1, 0.15) is 22.3 Å². The van der Waals surface area contributed by atoms with Crippen LogP contribution in [0.5, 0.6) is 5.75 Å². The Bertz CT molecular complexity index is 524. The predicted octanol–water partition coefficient (Wildman–Crippen LogP) is 2.77. The summed E-state index contributed by atoms with van der Waals surface area (Å²) in [5.41, 5.74) is 0.689. The number of halogens is 1. The summed E-state index contributed by atoms with van der Waals surface area (Å²) in [5.74, 6) is 0.0413. The van der Waals surface area contributed by atoms with Crippen LogP contribution in [0.15, 0.2) is 23.6 Å². The first-order chi connectivity index (χ1) is 7.74. The van der Waals surface area contributed by atoms with Gasteiger partial charge in [-0.1, -0.05) is 0 Å². The number of nitrogens with zero attached hydrogens (tertiary/aromatic N) is 1. The van der Waals surface area contributed by atoms with Crippen LogP contribution in [0, 0.1) is 5.82 Å². The van der Waals surface area contributed by atoms with E-state index in [1.807, 2.05) is 0 Å². The number of carbonyl (C=O) groups is 1. The minimum atomic E-state index is -0.411. The number of hydrogen-bond donors (Lipinski definition) is 0. The monoisotopic (exact) mass is 237 g/mol. The van der Waals surface area contributed by atoms with Crippen LogP contribution in [0.1, 0.15) is 10.5 Å². The first kappa shape index (κ1) is 10.8. The van der Waals surface area contributed by atoms with Gasteiger partial charge in [-0.3, -0.25) is 4.79 Å². The molecule has 3 nitrogen and oxygen atoms in total. The number of aldehydes is 1. The second-order valence-corrected chi connectivity index (χ2v) is 3.90. The van der Waals surface area contributed by atoms with Gasteiger partial charge in [-0.05, 0) is 12.1 Å². The molecule has 0 bridgehead atoms. The molecule has 0 radical (unpaired) electrons. The Morgan fingerprint density at radius 3 is 2.88 bits per heavy atom. The SMILES string of the molecule is COc1ccc(-c2nc(C=O)cs2)c(F)c1. The smallest absolute Gasteiger partial charge is 0.169 e. The van der Waals surface area contributed by atoms with E-state index in [0.717, 1.165) is 0 Å². The molecule has 0 spiro atoms. The summed E-state index contributed by atoms with van der Waals surface area (Å²) in [6.07, 6.45) is 0.640. The molecule has 82 valence electrons. The van der Waals surface area contributed by atoms with Crippen molar-refractivity contribution < 1.29 is 13.9 Å². The molecule has 5 heteroatoms. The third-order valence-electron chi connectivity index (χ3n) is 2.05. The molecule has 1 heterocycles. The van der Waals surface area contributed by atoms with Crippen molar-refractivity contribution in [2.24, 2.45) is 0 Å². The maximum absolute atomic E-state index is 13.6. The van der Waals surface area contributed by atoms with Crippen LogP contribution in [0.25, 0.3) is 10.6 Å². The Kier molecular flexibility index (Phi) is 2.96. The number of ether oxygens (including phenoxy) is 1. The fourth-order valence-electron chi connectivity index (χ4n) is 1.26. The first-order valence-electron chi connectivity index (χ1n) is 4.49. The number of thiazole rings is 1. The van der Waals surface area contributed by atoms with Crippen molar-refractivity contribution in [1.82, 2.24) is 4.98 Å². The van der Waals surface area contributed by atoms with Crippen molar-refractivity contribution in [3.05, 3.63) is 35.1 Å². The molecule has 0 N–H and O–H groups in total. The zero-order valence-electron chi connectivity index (χ0n) is 8.44. The largest absolute Gasteiger partial charge is 0.497 e. The third-order valence-corrected chi connectivity index (χ3v) is 2.94. The van der Waals surface area contributed by atoms with E-state index in [9.17, 15) is 9.18 Å². The molecular weight excluding hydrogens is 229 g/mol. The Morgan fingerprint density at radius 2 is 2.31 bits per heavy atom. The Hall–Kier alpha value is -1.75. The molecule has 0 aliphatic rings. The number of benzene rings is 1. The van der Waals surface area contributed by atoms with Crippen molar-refractivity contribution in [3.8, 4) is 16.3 Å². The molecule has 1 aromatic heterocycles. The molecule has 0 saturated heterocycles. The lowest BCUT2D eigenvalue weighted by Crippen LogP contribution is -1.88. The van der Waals surface area contributed by atoms with Gasteiger partial charge in [-0.2, -0.15) is 0 Å². The van der Waals surface area contributed by atoms with E-state index in [4.69, 9.17) is 4.74 Å². The van der Waals surface area contributed by atoms with Gasteiger partial charge in [0.15, 0.2) is 6.29 Å². The second-order valence-electron chi connectivity index (χ2n) is 3.04. The van der Waals surface area contributed by atoms with Crippen LogP contribution in [0.2, 0.25) is 0 Å². The van der Waals surface area contributed by atoms with Gasteiger partial charge in [-0.15, -0.1) is 11.3 Å². The van der Waals surface area contributed by atoms with Crippen molar-refractivity contribution in [1.29, 1.82) is 0 Å². The molecular formula is C11H8FNO2S. The molecule has 0 saturated carbocycles. The van der Waals surface area contributed by atoms with Crippen molar-refractivity contribution in [3.63, 3.8) is 0 Å². The van der Waals surface area contributed by atoms with Crippen molar-refractivity contribution in [2.45, 2.75) is 0 Å². The van der Waals surface area contributed by atoms with Crippen LogP contribution in [0.3, 0.4) is 0 Å². The zero-order valence-corrected chi connectivity index (χ0v) is 9.25. The summed E-state index contributed by atoms with van der Waals surface area (Å²) >= 11 is 1.23. The Balaban J connectivity index is 2.43. The van der Waals surface area contributed by atoms with Gasteiger partial charge in [0.2, 0.25) is 0 Å². The molecule has 0 unspecified atom stereocenters. The van der Waals surface area contributed by atoms with Crippen LogP contribution in [-0.2, 0) is 0 Å². The highest BCUT2D eigenvalue weighted by molar-refractivity contribution is 7.13. The van der Waals surface area contributed by atoms with Crippen LogP contribution < -0.4 is 4.74 Å². The lowest BCUT2D eigenvalue weighted by atomic mass is 10.2. The normalized spacial score (nSPS) is 10.1.